The normalized spacial score (nSPS) is 16.5. The van der Waals surface area contributed by atoms with Gasteiger partial charge in [0.1, 0.15) is 12.0 Å². The summed E-state index contributed by atoms with van der Waals surface area (Å²) >= 11 is 1.58. The molecule has 1 aromatic carbocycles. The lowest BCUT2D eigenvalue weighted by atomic mass is 10.1. The van der Waals surface area contributed by atoms with Crippen LogP contribution in [0.5, 0.6) is 5.75 Å². The number of hydrogen-bond donors (Lipinski definition) is 1. The molecule has 0 spiro atoms. The number of benzene rings is 1. The first kappa shape index (κ1) is 28.8. The van der Waals surface area contributed by atoms with Crippen molar-refractivity contribution in [1.82, 2.24) is 14.8 Å². The highest BCUT2D eigenvalue weighted by Crippen LogP contribution is 2.34. The van der Waals surface area contributed by atoms with E-state index in [1.165, 1.54) is 24.6 Å². The molecule has 3 heterocycles. The van der Waals surface area contributed by atoms with Crippen LogP contribution in [0.4, 0.5) is 18.0 Å². The third-order valence-corrected chi connectivity index (χ3v) is 7.72. The maximum atomic E-state index is 13.0. The predicted octanol–water partition coefficient (Wildman–Crippen LogP) is 5.13. The van der Waals surface area contributed by atoms with E-state index >= 15 is 0 Å². The first-order valence-electron chi connectivity index (χ1n) is 12.7. The van der Waals surface area contributed by atoms with Gasteiger partial charge in [0.2, 0.25) is 11.2 Å². The quantitative estimate of drug-likeness (QED) is 0.269. The Balaban J connectivity index is 1.17. The maximum absolute atomic E-state index is 13.0. The van der Waals surface area contributed by atoms with Crippen molar-refractivity contribution in [3.63, 3.8) is 0 Å². The van der Waals surface area contributed by atoms with Gasteiger partial charge in [0.25, 0.3) is 0 Å². The van der Waals surface area contributed by atoms with Crippen LogP contribution in [0.2, 0.25) is 0 Å². The molecule has 1 atom stereocenters. The minimum Gasteiger partial charge on any atom is -0.487 e. The van der Waals surface area contributed by atoms with Crippen molar-refractivity contribution in [2.75, 3.05) is 32.0 Å². The third kappa shape index (κ3) is 7.66. The SMILES string of the molecule is CC1CN(Cc2cc(=O)c(OCCCCCSc3ccnc4cc(C(F)(F)F)ccc34)co2)CCN1C(N)=O. The Bertz CT molecular complexity index is 1350. The molecule has 210 valence electrons. The summed E-state index contributed by atoms with van der Waals surface area (Å²) in [6.07, 6.45) is 0.971. The number of halogens is 3. The van der Waals surface area contributed by atoms with Gasteiger partial charge in [-0.15, -0.1) is 11.8 Å². The van der Waals surface area contributed by atoms with Gasteiger partial charge in [0.05, 0.1) is 24.2 Å². The van der Waals surface area contributed by atoms with Crippen molar-refractivity contribution in [1.29, 1.82) is 0 Å². The number of piperazine rings is 1. The second-order valence-electron chi connectivity index (χ2n) is 9.49. The fourth-order valence-electron chi connectivity index (χ4n) is 4.52. The average molecular weight is 565 g/mol. The molecule has 1 aliphatic heterocycles. The summed E-state index contributed by atoms with van der Waals surface area (Å²) in [7, 11) is 0. The standard InChI is InChI=1S/C27H31F3N4O4S/c1-18-15-33(9-10-34(18)26(31)36)16-20-14-23(35)24(17-38-20)37-11-3-2-4-12-39-25-7-8-32-22-13-19(27(28,29)30)5-6-21(22)25/h5-8,13-14,17-18H,2-4,9-12,15-16H2,1H3,(H2,31,36). The zero-order valence-electron chi connectivity index (χ0n) is 21.6. The number of unbranched alkanes of at least 4 members (excludes halogenated alkanes) is 2. The molecule has 1 unspecified atom stereocenters. The number of pyridine rings is 1. The van der Waals surface area contributed by atoms with Gasteiger partial charge in [-0.05, 0) is 50.1 Å². The molecule has 0 bridgehead atoms. The van der Waals surface area contributed by atoms with Gasteiger partial charge in [0, 0.05) is 48.2 Å². The molecule has 1 fully saturated rings. The average Bonchev–Trinajstić information content (AvgIpc) is 2.88. The fourth-order valence-corrected chi connectivity index (χ4v) is 5.57. The van der Waals surface area contributed by atoms with Crippen LogP contribution in [-0.4, -0.2) is 58.9 Å². The zero-order chi connectivity index (χ0) is 28.0. The Morgan fingerprint density at radius 1 is 1.21 bits per heavy atom. The fraction of sp³-hybridized carbons (Fsp3) is 0.444. The van der Waals surface area contributed by atoms with E-state index in [-0.39, 0.29) is 17.2 Å². The number of amides is 2. The van der Waals surface area contributed by atoms with Crippen molar-refractivity contribution in [2.45, 2.75) is 49.8 Å². The molecular formula is C27H31F3N4O4S. The maximum Gasteiger partial charge on any atom is 0.416 e. The number of carbonyl (C=O) groups is 1. The molecule has 0 saturated carbocycles. The summed E-state index contributed by atoms with van der Waals surface area (Å²) in [5.41, 5.74) is 4.77. The summed E-state index contributed by atoms with van der Waals surface area (Å²) in [4.78, 5) is 32.6. The van der Waals surface area contributed by atoms with Crippen molar-refractivity contribution < 1.29 is 27.1 Å². The van der Waals surface area contributed by atoms with E-state index in [9.17, 15) is 22.8 Å². The van der Waals surface area contributed by atoms with Crippen LogP contribution < -0.4 is 15.9 Å². The van der Waals surface area contributed by atoms with E-state index < -0.39 is 17.8 Å². The number of aromatic nitrogens is 1. The Hall–Kier alpha value is -3.25. The molecular weight excluding hydrogens is 533 g/mol. The van der Waals surface area contributed by atoms with Crippen molar-refractivity contribution >= 4 is 28.7 Å². The Morgan fingerprint density at radius 2 is 2.03 bits per heavy atom. The van der Waals surface area contributed by atoms with E-state index in [2.05, 4.69) is 9.88 Å². The van der Waals surface area contributed by atoms with Gasteiger partial charge in [-0.25, -0.2) is 4.79 Å². The van der Waals surface area contributed by atoms with Crippen LogP contribution in [0, 0.1) is 0 Å². The molecule has 12 heteroatoms. The van der Waals surface area contributed by atoms with Gasteiger partial charge in [0.15, 0.2) is 0 Å². The molecule has 2 N–H and O–H groups in total. The van der Waals surface area contributed by atoms with E-state index in [1.807, 2.05) is 13.0 Å². The summed E-state index contributed by atoms with van der Waals surface area (Å²) in [6, 6.07) is 6.44. The summed E-state index contributed by atoms with van der Waals surface area (Å²) < 4.78 is 50.1. The summed E-state index contributed by atoms with van der Waals surface area (Å²) in [5.74, 6) is 1.49. The lowest BCUT2D eigenvalue weighted by molar-refractivity contribution is -0.137. The number of nitrogens with zero attached hydrogens (tertiary/aromatic N) is 3. The number of carbonyl (C=O) groups excluding carboxylic acids is 1. The zero-order valence-corrected chi connectivity index (χ0v) is 22.4. The Kier molecular flexibility index (Phi) is 9.39. The lowest BCUT2D eigenvalue weighted by Crippen LogP contribution is -2.55. The van der Waals surface area contributed by atoms with Crippen LogP contribution in [-0.2, 0) is 12.7 Å². The molecule has 1 saturated heterocycles. The highest BCUT2D eigenvalue weighted by atomic mass is 32.2. The van der Waals surface area contributed by atoms with Crippen LogP contribution in [0.25, 0.3) is 10.9 Å². The number of ether oxygens (including phenoxy) is 1. The highest BCUT2D eigenvalue weighted by molar-refractivity contribution is 7.99. The molecule has 3 aromatic rings. The molecule has 2 amide bonds. The number of thioether (sulfide) groups is 1. The van der Waals surface area contributed by atoms with Gasteiger partial charge >= 0.3 is 12.2 Å². The Morgan fingerprint density at radius 3 is 2.74 bits per heavy atom. The minimum absolute atomic E-state index is 0.0144. The monoisotopic (exact) mass is 564 g/mol. The second-order valence-corrected chi connectivity index (χ2v) is 10.6. The van der Waals surface area contributed by atoms with E-state index in [0.29, 0.717) is 49.4 Å². The third-order valence-electron chi connectivity index (χ3n) is 6.56. The largest absolute Gasteiger partial charge is 0.487 e. The van der Waals surface area contributed by atoms with Gasteiger partial charge in [-0.3, -0.25) is 14.7 Å². The molecule has 0 aliphatic carbocycles. The van der Waals surface area contributed by atoms with Crippen molar-refractivity contribution in [3.05, 3.63) is 64.3 Å². The highest BCUT2D eigenvalue weighted by Gasteiger charge is 2.30. The molecule has 2 aromatic heterocycles. The topological polar surface area (TPSA) is 102 Å². The number of urea groups is 1. The van der Waals surface area contributed by atoms with E-state index in [0.717, 1.165) is 42.0 Å². The van der Waals surface area contributed by atoms with Crippen molar-refractivity contribution in [3.8, 4) is 5.75 Å². The van der Waals surface area contributed by atoms with E-state index in [1.54, 1.807) is 16.7 Å². The van der Waals surface area contributed by atoms with Crippen LogP contribution in [0.3, 0.4) is 0 Å². The number of hydrogen-bond acceptors (Lipinski definition) is 7. The summed E-state index contributed by atoms with van der Waals surface area (Å²) in [6.45, 7) is 4.58. The van der Waals surface area contributed by atoms with Crippen LogP contribution in [0.15, 0.2) is 56.9 Å². The minimum atomic E-state index is -4.40. The summed E-state index contributed by atoms with van der Waals surface area (Å²) in [5, 5.41) is 0.705. The smallest absolute Gasteiger partial charge is 0.416 e. The number of alkyl halides is 3. The number of rotatable bonds is 10. The lowest BCUT2D eigenvalue weighted by Gasteiger charge is -2.38. The van der Waals surface area contributed by atoms with Crippen molar-refractivity contribution in [2.24, 2.45) is 5.73 Å². The van der Waals surface area contributed by atoms with Crippen LogP contribution in [0.1, 0.15) is 37.5 Å². The molecule has 39 heavy (non-hydrogen) atoms. The Labute approximate surface area is 228 Å². The second kappa shape index (κ2) is 12.7. The van der Waals surface area contributed by atoms with Gasteiger partial charge < -0.3 is 19.8 Å². The van der Waals surface area contributed by atoms with Gasteiger partial charge in [-0.2, -0.15) is 13.2 Å². The first-order valence-corrected chi connectivity index (χ1v) is 13.7. The van der Waals surface area contributed by atoms with Crippen LogP contribution >= 0.6 is 11.8 Å². The number of nitrogens with two attached hydrogens (primary N) is 1. The van der Waals surface area contributed by atoms with E-state index in [4.69, 9.17) is 14.9 Å². The number of fused-ring (bicyclic) bond motifs is 1. The molecule has 4 rings (SSSR count). The molecule has 1 aliphatic rings. The first-order chi connectivity index (χ1) is 18.6. The molecule has 0 radical (unpaired) electrons. The molecule has 8 nitrogen and oxygen atoms in total. The van der Waals surface area contributed by atoms with Gasteiger partial charge in [-0.1, -0.05) is 6.07 Å². The number of primary amides is 1. The predicted molar refractivity (Wildman–Crippen MR) is 143 cm³/mol.